The Morgan fingerprint density at radius 1 is 1.26 bits per heavy atom. The van der Waals surface area contributed by atoms with E-state index >= 15 is 0 Å². The zero-order valence-electron chi connectivity index (χ0n) is 15.5. The predicted molar refractivity (Wildman–Crippen MR) is 103 cm³/mol. The fourth-order valence-electron chi connectivity index (χ4n) is 3.52. The molecule has 3 rings (SSSR count). The van der Waals surface area contributed by atoms with Gasteiger partial charge in [-0.3, -0.25) is 14.3 Å². The van der Waals surface area contributed by atoms with Crippen molar-refractivity contribution in [2.24, 2.45) is 14.1 Å². The fourth-order valence-corrected chi connectivity index (χ4v) is 3.74. The zero-order chi connectivity index (χ0) is 19.6. The minimum absolute atomic E-state index is 0.236. The van der Waals surface area contributed by atoms with Crippen LogP contribution >= 0.6 is 11.6 Å². The van der Waals surface area contributed by atoms with Gasteiger partial charge in [-0.25, -0.2) is 9.18 Å². The number of piperidine rings is 1. The van der Waals surface area contributed by atoms with Gasteiger partial charge >= 0.3 is 5.69 Å². The number of halogens is 2. The highest BCUT2D eigenvalue weighted by Crippen LogP contribution is 2.21. The van der Waals surface area contributed by atoms with E-state index in [1.807, 2.05) is 0 Å². The van der Waals surface area contributed by atoms with E-state index in [2.05, 4.69) is 10.2 Å². The van der Waals surface area contributed by atoms with Crippen molar-refractivity contribution in [2.45, 2.75) is 32.0 Å². The molecule has 1 aliphatic rings. The molecule has 1 aromatic carbocycles. The minimum atomic E-state index is -0.333. The Labute approximate surface area is 162 Å². The van der Waals surface area contributed by atoms with Gasteiger partial charge in [0, 0.05) is 56.6 Å². The Morgan fingerprint density at radius 2 is 2.04 bits per heavy atom. The van der Waals surface area contributed by atoms with E-state index in [1.54, 1.807) is 19.3 Å². The first-order chi connectivity index (χ1) is 12.8. The molecule has 0 bridgehead atoms. The number of nitrogens with zero attached hydrogens (tertiary/aromatic N) is 3. The largest absolute Gasteiger partial charge is 0.330 e. The van der Waals surface area contributed by atoms with Crippen LogP contribution in [0, 0.1) is 5.82 Å². The fraction of sp³-hybridized carbons (Fsp3) is 0.474. The second-order valence-corrected chi connectivity index (χ2v) is 7.51. The summed E-state index contributed by atoms with van der Waals surface area (Å²) in [5.41, 5.74) is 0.879. The molecular weight excluding hydrogens is 371 g/mol. The average Bonchev–Trinajstić information content (AvgIpc) is 2.64. The third-order valence-corrected chi connectivity index (χ3v) is 5.37. The second-order valence-electron chi connectivity index (χ2n) is 7.10. The minimum Gasteiger partial charge on any atom is -0.308 e. The van der Waals surface area contributed by atoms with Crippen molar-refractivity contribution in [3.05, 3.63) is 67.2 Å². The summed E-state index contributed by atoms with van der Waals surface area (Å²) >= 11 is 6.14. The molecule has 146 valence electrons. The lowest BCUT2D eigenvalue weighted by molar-refractivity contribution is 0.182. The Bertz CT molecular complexity index is 940. The molecule has 1 aliphatic heterocycles. The molecule has 27 heavy (non-hydrogen) atoms. The summed E-state index contributed by atoms with van der Waals surface area (Å²) in [6.45, 7) is 2.85. The predicted octanol–water partition coefficient (Wildman–Crippen LogP) is 1.63. The van der Waals surface area contributed by atoms with Crippen molar-refractivity contribution in [1.82, 2.24) is 19.4 Å². The molecule has 1 atom stereocenters. The topological polar surface area (TPSA) is 59.3 Å². The molecule has 0 saturated carbocycles. The molecule has 6 nitrogen and oxygen atoms in total. The van der Waals surface area contributed by atoms with Crippen molar-refractivity contribution in [1.29, 1.82) is 0 Å². The summed E-state index contributed by atoms with van der Waals surface area (Å²) in [6, 6.07) is 4.73. The van der Waals surface area contributed by atoms with Crippen LogP contribution < -0.4 is 16.6 Å². The van der Waals surface area contributed by atoms with Gasteiger partial charge < -0.3 is 9.88 Å². The van der Waals surface area contributed by atoms with E-state index in [-0.39, 0.29) is 23.1 Å². The Hall–Kier alpha value is -1.96. The number of nitrogens with one attached hydrogen (secondary N) is 1. The molecule has 1 unspecified atom stereocenters. The number of hydrogen-bond donors (Lipinski definition) is 1. The maximum atomic E-state index is 13.2. The van der Waals surface area contributed by atoms with Gasteiger partial charge in [0.1, 0.15) is 5.82 Å². The van der Waals surface area contributed by atoms with Gasteiger partial charge in [-0.05, 0) is 37.1 Å². The van der Waals surface area contributed by atoms with E-state index < -0.39 is 0 Å². The summed E-state index contributed by atoms with van der Waals surface area (Å²) in [5.74, 6) is -0.333. The average molecular weight is 395 g/mol. The molecule has 1 aromatic heterocycles. The molecule has 8 heteroatoms. The maximum Gasteiger partial charge on any atom is 0.330 e. The van der Waals surface area contributed by atoms with Crippen LogP contribution in [0.1, 0.15) is 24.0 Å². The Balaban J connectivity index is 1.62. The summed E-state index contributed by atoms with van der Waals surface area (Å²) in [5, 5.41) is 3.87. The van der Waals surface area contributed by atoms with E-state index in [9.17, 15) is 14.0 Å². The number of benzene rings is 1. The van der Waals surface area contributed by atoms with E-state index in [0.717, 1.165) is 36.1 Å². The van der Waals surface area contributed by atoms with Crippen molar-refractivity contribution < 1.29 is 4.39 Å². The van der Waals surface area contributed by atoms with Crippen molar-refractivity contribution in [3.8, 4) is 0 Å². The first-order valence-corrected chi connectivity index (χ1v) is 9.38. The molecule has 0 spiro atoms. The van der Waals surface area contributed by atoms with Gasteiger partial charge in [0.05, 0.1) is 0 Å². The highest BCUT2D eigenvalue weighted by molar-refractivity contribution is 6.31. The van der Waals surface area contributed by atoms with E-state index in [0.29, 0.717) is 23.7 Å². The maximum absolute atomic E-state index is 13.2. The van der Waals surface area contributed by atoms with Crippen molar-refractivity contribution in [3.63, 3.8) is 0 Å². The van der Waals surface area contributed by atoms with Crippen LogP contribution in [0.2, 0.25) is 5.02 Å². The summed E-state index contributed by atoms with van der Waals surface area (Å²) < 4.78 is 15.8. The lowest BCUT2D eigenvalue weighted by atomic mass is 10.0. The van der Waals surface area contributed by atoms with Crippen LogP contribution in [0.25, 0.3) is 0 Å². The number of aryl methyl sites for hydroxylation is 1. The third kappa shape index (κ3) is 4.66. The number of aromatic nitrogens is 2. The van der Waals surface area contributed by atoms with Crippen LogP contribution in [-0.4, -0.2) is 33.2 Å². The standard InChI is InChI=1S/C19H24ClFN4O2/c1-23-10-14(18(26)24(2)19(23)27)9-22-16-4-3-7-25(12-16)11-13-5-6-15(21)8-17(13)20/h5-6,8,10,16,22H,3-4,7,9,11-12H2,1-2H3. The van der Waals surface area contributed by atoms with Gasteiger partial charge in [-0.15, -0.1) is 0 Å². The monoisotopic (exact) mass is 394 g/mol. The Morgan fingerprint density at radius 3 is 2.78 bits per heavy atom. The van der Waals surface area contributed by atoms with Gasteiger partial charge in [-0.1, -0.05) is 17.7 Å². The summed E-state index contributed by atoms with van der Waals surface area (Å²) in [4.78, 5) is 26.3. The first-order valence-electron chi connectivity index (χ1n) is 9.00. The highest BCUT2D eigenvalue weighted by Gasteiger charge is 2.21. The van der Waals surface area contributed by atoms with Crippen LogP contribution in [0.15, 0.2) is 34.0 Å². The molecule has 2 aromatic rings. The van der Waals surface area contributed by atoms with Crippen LogP contribution in [0.3, 0.4) is 0 Å². The van der Waals surface area contributed by atoms with Crippen molar-refractivity contribution in [2.75, 3.05) is 13.1 Å². The number of hydrogen-bond acceptors (Lipinski definition) is 4. The first kappa shape index (κ1) is 19.8. The van der Waals surface area contributed by atoms with E-state index in [1.165, 1.54) is 23.7 Å². The van der Waals surface area contributed by atoms with Gasteiger partial charge in [0.15, 0.2) is 0 Å². The number of rotatable bonds is 5. The molecule has 1 saturated heterocycles. The van der Waals surface area contributed by atoms with Gasteiger partial charge in [0.25, 0.3) is 5.56 Å². The zero-order valence-corrected chi connectivity index (χ0v) is 16.3. The van der Waals surface area contributed by atoms with Crippen LogP contribution in [0.4, 0.5) is 4.39 Å². The lowest BCUT2D eigenvalue weighted by Crippen LogP contribution is -2.46. The highest BCUT2D eigenvalue weighted by atomic mass is 35.5. The molecule has 0 aliphatic carbocycles. The third-order valence-electron chi connectivity index (χ3n) is 5.01. The Kier molecular flexibility index (Phi) is 6.14. The molecule has 1 fully saturated rings. The normalized spacial score (nSPS) is 18.0. The molecule has 0 radical (unpaired) electrons. The van der Waals surface area contributed by atoms with Crippen LogP contribution in [0.5, 0.6) is 0 Å². The molecule has 0 amide bonds. The molecule has 2 heterocycles. The lowest BCUT2D eigenvalue weighted by Gasteiger charge is -2.33. The SMILES string of the molecule is Cn1cc(CNC2CCCN(Cc3ccc(F)cc3Cl)C2)c(=O)n(C)c1=O. The summed E-state index contributed by atoms with van der Waals surface area (Å²) in [7, 11) is 3.13. The van der Waals surface area contributed by atoms with Crippen molar-refractivity contribution >= 4 is 11.6 Å². The number of likely N-dealkylation sites (tertiary alicyclic amines) is 1. The second kappa shape index (κ2) is 8.37. The van der Waals surface area contributed by atoms with Gasteiger partial charge in [0.2, 0.25) is 0 Å². The summed E-state index contributed by atoms with van der Waals surface area (Å²) in [6.07, 6.45) is 3.64. The molecular formula is C19H24ClFN4O2. The molecule has 1 N–H and O–H groups in total. The van der Waals surface area contributed by atoms with Gasteiger partial charge in [-0.2, -0.15) is 0 Å². The van der Waals surface area contributed by atoms with Crippen LogP contribution in [-0.2, 0) is 27.2 Å². The quantitative estimate of drug-likeness (QED) is 0.837. The van der Waals surface area contributed by atoms with E-state index in [4.69, 9.17) is 11.6 Å². The smallest absolute Gasteiger partial charge is 0.308 e.